The van der Waals surface area contributed by atoms with Gasteiger partial charge in [0.05, 0.1) is 19.8 Å². The van der Waals surface area contributed by atoms with Gasteiger partial charge in [0.2, 0.25) is 0 Å². The van der Waals surface area contributed by atoms with Gasteiger partial charge < -0.3 is 23.4 Å². The van der Waals surface area contributed by atoms with Gasteiger partial charge >= 0.3 is 5.97 Å². The fourth-order valence-electron chi connectivity index (χ4n) is 10.9. The summed E-state index contributed by atoms with van der Waals surface area (Å²) in [5.41, 5.74) is 2.33. The van der Waals surface area contributed by atoms with Crippen LogP contribution in [-0.2, 0) is 38.1 Å². The topological polar surface area (TPSA) is 84.9 Å². The summed E-state index contributed by atoms with van der Waals surface area (Å²) in [7, 11) is 0.548. The van der Waals surface area contributed by atoms with Crippen LogP contribution in [0.4, 0.5) is 0 Å². The average Bonchev–Trinajstić information content (AvgIpc) is 3.54. The van der Waals surface area contributed by atoms with Gasteiger partial charge in [-0.1, -0.05) is 65.5 Å². The largest absolute Gasteiger partial charge is 0.462 e. The van der Waals surface area contributed by atoms with Crippen molar-refractivity contribution in [2.45, 2.75) is 164 Å². The van der Waals surface area contributed by atoms with Crippen LogP contribution >= 0.6 is 8.53 Å². The van der Waals surface area contributed by atoms with Gasteiger partial charge in [0.25, 0.3) is 8.53 Å². The summed E-state index contributed by atoms with van der Waals surface area (Å²) in [6.45, 7) is 34.4. The lowest BCUT2D eigenvalue weighted by Crippen LogP contribution is -2.51. The molecule has 0 aromatic rings. The van der Waals surface area contributed by atoms with Crippen LogP contribution in [0.25, 0.3) is 0 Å². The van der Waals surface area contributed by atoms with Crippen LogP contribution in [0.3, 0.4) is 0 Å². The highest BCUT2D eigenvalue weighted by molar-refractivity contribution is 7.44. The summed E-state index contributed by atoms with van der Waals surface area (Å²) in [5.74, 6) is 4.85. The molecule has 0 amide bonds. The van der Waals surface area contributed by atoms with E-state index in [2.05, 4.69) is 99.4 Å². The molecule has 330 valence electrons. The number of carbonyl (C=O) groups excluding carboxylic acids is 1. The molecule has 4 aliphatic carbocycles. The van der Waals surface area contributed by atoms with E-state index >= 15 is 0 Å². The lowest BCUT2D eigenvalue weighted by molar-refractivity contribution is -0.491. The van der Waals surface area contributed by atoms with Crippen molar-refractivity contribution in [3.8, 4) is 0 Å². The molecule has 0 aliphatic heterocycles. The third-order valence-electron chi connectivity index (χ3n) is 13.5. The normalized spacial score (nSPS) is 29.1. The minimum Gasteiger partial charge on any atom is -0.462 e. The Morgan fingerprint density at radius 3 is 2.28 bits per heavy atom. The molecule has 0 heterocycles. The van der Waals surface area contributed by atoms with Crippen molar-refractivity contribution in [3.63, 3.8) is 0 Å². The molecule has 0 N–H and O–H groups in total. The highest BCUT2D eigenvalue weighted by atomic mass is 31.2. The maximum atomic E-state index is 12.7. The Labute approximate surface area is 350 Å². The van der Waals surface area contributed by atoms with E-state index in [0.29, 0.717) is 50.2 Å². The molecule has 3 saturated carbocycles. The van der Waals surface area contributed by atoms with E-state index < -0.39 is 8.53 Å². The van der Waals surface area contributed by atoms with Crippen molar-refractivity contribution in [1.29, 1.82) is 0 Å². The fourth-order valence-corrected chi connectivity index (χ4v) is 12.4. The number of rotatable bonds is 23. The summed E-state index contributed by atoms with van der Waals surface area (Å²) in [6.07, 6.45) is 20.5. The molecule has 0 radical (unpaired) electrons. The van der Waals surface area contributed by atoms with Crippen LogP contribution in [0.5, 0.6) is 0 Å². The molecular weight excluding hydrogens is 737 g/mol. The lowest BCUT2D eigenvalue weighted by atomic mass is 9.47. The molecule has 0 saturated heterocycles. The quantitative estimate of drug-likeness (QED) is 0.0190. The summed E-state index contributed by atoms with van der Waals surface area (Å²) in [4.78, 5) is 22.7. The van der Waals surface area contributed by atoms with Gasteiger partial charge in [0.1, 0.15) is 19.0 Å². The number of esters is 1. The molecule has 3 fully saturated rings. The molecule has 0 bridgehead atoms. The highest BCUT2D eigenvalue weighted by Crippen LogP contribution is 2.67. The number of hydrogen-bond donors (Lipinski definition) is 0. The van der Waals surface area contributed by atoms with Crippen LogP contribution in [-0.4, -0.2) is 62.4 Å². The van der Waals surface area contributed by atoms with E-state index in [1.165, 1.54) is 57.6 Å². The van der Waals surface area contributed by atoms with Crippen LogP contribution in [0.1, 0.15) is 146 Å². The number of hydrogen-bond acceptors (Lipinski definition) is 9. The van der Waals surface area contributed by atoms with Crippen molar-refractivity contribution in [2.24, 2.45) is 46.3 Å². The first-order valence-electron chi connectivity index (χ1n) is 22.1. The van der Waals surface area contributed by atoms with Gasteiger partial charge in [-0.25, -0.2) is 4.67 Å². The Morgan fingerprint density at radius 2 is 1.61 bits per heavy atom. The van der Waals surface area contributed by atoms with E-state index in [-0.39, 0.29) is 24.1 Å². The van der Waals surface area contributed by atoms with Gasteiger partial charge in [0, 0.05) is 32.0 Å². The summed E-state index contributed by atoms with van der Waals surface area (Å²) >= 11 is 0. The predicted molar refractivity (Wildman–Crippen MR) is 235 cm³/mol. The second-order valence-electron chi connectivity index (χ2n) is 18.0. The van der Waals surface area contributed by atoms with Crippen LogP contribution in [0.15, 0.2) is 50.3 Å². The molecule has 4 aliphatic rings. The Bertz CT molecular complexity index is 1190. The van der Waals surface area contributed by atoms with E-state index in [1.54, 1.807) is 18.8 Å². The Morgan fingerprint density at radius 1 is 0.912 bits per heavy atom. The van der Waals surface area contributed by atoms with Gasteiger partial charge in [-0.15, -0.1) is 26.3 Å². The molecule has 57 heavy (non-hydrogen) atoms. The van der Waals surface area contributed by atoms with Crippen molar-refractivity contribution < 1.29 is 38.1 Å². The molecule has 0 spiro atoms. The molecule has 5 unspecified atom stereocenters. The zero-order valence-electron chi connectivity index (χ0n) is 37.9. The van der Waals surface area contributed by atoms with E-state index in [0.717, 1.165) is 54.8 Å². The lowest BCUT2D eigenvalue weighted by Gasteiger charge is -2.58. The Balaban J connectivity index is 0.00000271. The third-order valence-corrected chi connectivity index (χ3v) is 15.5. The highest BCUT2D eigenvalue weighted by Gasteiger charge is 2.59. The first-order chi connectivity index (χ1) is 27.3. The number of fused-ring (bicyclic) bond motifs is 5. The number of nitrogens with zero attached hydrogens (tertiary/aromatic N) is 1. The first kappa shape index (κ1) is 51.6. The predicted octanol–water partition coefficient (Wildman–Crippen LogP) is 12.7. The van der Waals surface area contributed by atoms with Gasteiger partial charge in [-0.2, -0.15) is 4.89 Å². The smallest absolute Gasteiger partial charge is 0.306 e. The molecular formula is C47H84NO8P. The minimum atomic E-state index is -1.12. The van der Waals surface area contributed by atoms with Crippen LogP contribution < -0.4 is 0 Å². The fraction of sp³-hybridized carbons (Fsp3) is 0.809. The summed E-state index contributed by atoms with van der Waals surface area (Å²) in [5, 5.41) is 4.73. The second-order valence-corrected chi connectivity index (χ2v) is 19.5. The van der Waals surface area contributed by atoms with Crippen LogP contribution in [0, 0.1) is 46.3 Å². The van der Waals surface area contributed by atoms with Crippen molar-refractivity contribution in [3.05, 3.63) is 50.3 Å². The van der Waals surface area contributed by atoms with Gasteiger partial charge in [-0.05, 0) is 137 Å². The van der Waals surface area contributed by atoms with E-state index in [9.17, 15) is 4.79 Å². The number of ether oxygens (including phenoxy) is 2. The Kier molecular flexibility index (Phi) is 24.1. The van der Waals surface area contributed by atoms with E-state index in [1.807, 2.05) is 0 Å². The van der Waals surface area contributed by atoms with Gasteiger partial charge in [0.15, 0.2) is 0 Å². The molecule has 0 aromatic carbocycles. The summed E-state index contributed by atoms with van der Waals surface area (Å²) < 4.78 is 25.2. The standard InChI is InChI=1S/C43H76NO8P.2C2H4/c1-31(2)14-13-15-34(7)38-19-20-39-37-18-17-35-30-36(21-23-42(35,8)40(37)22-24-43(38,39)9)51-41(45)16-11-12-25-48-52-49-28-26-47-27-29-50-53(46-10)44(32(3)4)33(5)6;2*1-2/h12,17,25,31-34,36-40H,11,13-16,18-24,26-30H2,1-10H3;2*1-2H2/b25-12-;;/t34-,36-,37?,38?,39?,40?,42-,43+,53?;;/m0../s1. The Hall–Kier alpha value is -1.58. The minimum absolute atomic E-state index is 0.0160. The molecule has 9 atom stereocenters. The number of allylic oxidation sites excluding steroid dienone is 2. The second kappa shape index (κ2) is 26.6. The van der Waals surface area contributed by atoms with Crippen molar-refractivity contribution >= 4 is 14.5 Å². The molecule has 9 nitrogen and oxygen atoms in total. The zero-order valence-corrected chi connectivity index (χ0v) is 38.8. The monoisotopic (exact) mass is 822 g/mol. The molecule has 10 heteroatoms. The zero-order chi connectivity index (χ0) is 42.6. The third kappa shape index (κ3) is 14.8. The average molecular weight is 822 g/mol. The van der Waals surface area contributed by atoms with Crippen LogP contribution in [0.2, 0.25) is 0 Å². The maximum Gasteiger partial charge on any atom is 0.306 e. The summed E-state index contributed by atoms with van der Waals surface area (Å²) in [6, 6.07) is 0.647. The maximum absolute atomic E-state index is 12.7. The first-order valence-corrected chi connectivity index (χ1v) is 23.3. The van der Waals surface area contributed by atoms with Crippen molar-refractivity contribution in [1.82, 2.24) is 4.67 Å². The number of carbonyl (C=O) groups is 1. The SMILES string of the molecule is C=C.C=C.COP(OCCOCCOOO/C=C\CCC(=O)O[C@H]1CC[C@@]2(C)C(=CCC3C4CCC([C@@H](C)CCCC(C)C)[C@@]4(C)CCC32)C1)N(C(C)C)C(C)C. The molecule has 4 rings (SSSR count). The van der Waals surface area contributed by atoms with Crippen molar-refractivity contribution in [2.75, 3.05) is 33.5 Å². The van der Waals surface area contributed by atoms with Gasteiger partial charge in [-0.3, -0.25) is 4.79 Å². The van der Waals surface area contributed by atoms with E-state index in [4.69, 9.17) is 33.3 Å². The molecule has 0 aromatic heterocycles.